The summed E-state index contributed by atoms with van der Waals surface area (Å²) in [4.78, 5) is 15.1. The van der Waals surface area contributed by atoms with Crippen molar-refractivity contribution < 1.29 is 49.4 Å². The van der Waals surface area contributed by atoms with Gasteiger partial charge in [0, 0.05) is 5.56 Å². The molecule has 4 rings (SSSR count). The molecule has 1 aliphatic heterocycles. The van der Waals surface area contributed by atoms with E-state index in [9.17, 15) is 44.7 Å². The first-order valence-corrected chi connectivity index (χ1v) is 11.6. The largest absolute Gasteiger partial charge is 0.573 e. The van der Waals surface area contributed by atoms with Gasteiger partial charge in [-0.1, -0.05) is 6.07 Å². The summed E-state index contributed by atoms with van der Waals surface area (Å²) in [7, 11) is -4.67. The van der Waals surface area contributed by atoms with Crippen molar-refractivity contribution in [2.24, 2.45) is 0 Å². The van der Waals surface area contributed by atoms with Crippen molar-refractivity contribution in [3.63, 3.8) is 0 Å². The van der Waals surface area contributed by atoms with E-state index in [4.69, 9.17) is 0 Å². The number of anilines is 3. The number of aromatic nitrogens is 1. The molecule has 8 nitrogen and oxygen atoms in total. The summed E-state index contributed by atoms with van der Waals surface area (Å²) >= 11 is 0. The smallest absolute Gasteiger partial charge is 0.478 e. The molecule has 2 N–H and O–H groups in total. The Hall–Kier alpha value is -4.01. The molecule has 0 radical (unpaired) electrons. The normalized spacial score (nSPS) is 13.8. The number of nitrogens with one attached hydrogen (secondary N) is 1. The molecule has 1 aliphatic rings. The highest BCUT2D eigenvalue weighted by atomic mass is 32.2. The lowest BCUT2D eigenvalue weighted by molar-refractivity contribution is -0.274. The molecule has 0 fully saturated rings. The van der Waals surface area contributed by atoms with Gasteiger partial charge in [-0.25, -0.2) is 18.2 Å². The number of fused-ring (bicyclic) bond motifs is 2. The maximum Gasteiger partial charge on any atom is 0.573 e. The van der Waals surface area contributed by atoms with Crippen LogP contribution in [0.15, 0.2) is 53.4 Å². The fourth-order valence-corrected chi connectivity index (χ4v) is 5.26. The number of aromatic carboxylic acids is 1. The molecule has 0 aliphatic carbocycles. The second-order valence-electron chi connectivity index (χ2n) is 7.82. The van der Waals surface area contributed by atoms with E-state index in [0.717, 1.165) is 43.3 Å². The predicted molar refractivity (Wildman–Crippen MR) is 117 cm³/mol. The number of carboxylic acid groups (broad SMARTS) is 1. The number of alkyl halides is 6. The van der Waals surface area contributed by atoms with E-state index >= 15 is 0 Å². The zero-order valence-corrected chi connectivity index (χ0v) is 19.3. The van der Waals surface area contributed by atoms with Crippen LogP contribution in [0.1, 0.15) is 27.2 Å². The summed E-state index contributed by atoms with van der Waals surface area (Å²) in [5.74, 6) is -2.56. The molecule has 0 spiro atoms. The number of ether oxygens (including phenoxy) is 1. The molecule has 15 heteroatoms. The predicted octanol–water partition coefficient (Wildman–Crippen LogP) is 5.46. The van der Waals surface area contributed by atoms with E-state index in [-0.39, 0.29) is 22.6 Å². The van der Waals surface area contributed by atoms with Crippen molar-refractivity contribution in [1.82, 2.24) is 4.98 Å². The van der Waals surface area contributed by atoms with Gasteiger partial charge in [0.05, 0.1) is 28.4 Å². The maximum absolute atomic E-state index is 13.6. The number of carboxylic acids is 1. The van der Waals surface area contributed by atoms with Gasteiger partial charge in [-0.15, -0.1) is 13.2 Å². The van der Waals surface area contributed by atoms with Gasteiger partial charge >= 0.3 is 18.5 Å². The van der Waals surface area contributed by atoms with Crippen LogP contribution < -0.4 is 14.4 Å². The number of hydrogen-bond donors (Lipinski definition) is 2. The van der Waals surface area contributed by atoms with Crippen LogP contribution in [0.25, 0.3) is 0 Å². The summed E-state index contributed by atoms with van der Waals surface area (Å²) in [5.41, 5.74) is -2.57. The first kappa shape index (κ1) is 26.1. The lowest BCUT2D eigenvalue weighted by Crippen LogP contribution is -2.31. The molecule has 0 bridgehead atoms. The number of benzene rings is 2. The Morgan fingerprint density at radius 1 is 1.08 bits per heavy atom. The van der Waals surface area contributed by atoms with E-state index in [1.165, 1.54) is 12.1 Å². The van der Waals surface area contributed by atoms with Crippen molar-refractivity contribution in [2.45, 2.75) is 30.9 Å². The van der Waals surface area contributed by atoms with Crippen molar-refractivity contribution in [1.29, 1.82) is 0 Å². The zero-order chi connectivity index (χ0) is 27.3. The van der Waals surface area contributed by atoms with E-state index in [1.807, 2.05) is 0 Å². The molecular formula is C22H15F6N3O5S. The third kappa shape index (κ3) is 5.12. The van der Waals surface area contributed by atoms with Gasteiger partial charge < -0.3 is 15.2 Å². The van der Waals surface area contributed by atoms with Crippen LogP contribution in [0, 0.1) is 6.92 Å². The first-order chi connectivity index (χ1) is 17.1. The lowest BCUT2D eigenvalue weighted by Gasteiger charge is -2.26. The molecule has 1 aromatic heterocycles. The van der Waals surface area contributed by atoms with Crippen molar-refractivity contribution in [2.75, 3.05) is 9.62 Å². The van der Waals surface area contributed by atoms with Crippen LogP contribution in [0.5, 0.6) is 5.75 Å². The van der Waals surface area contributed by atoms with Crippen LogP contribution >= 0.6 is 0 Å². The van der Waals surface area contributed by atoms with Crippen molar-refractivity contribution in [3.8, 4) is 5.75 Å². The van der Waals surface area contributed by atoms with Crippen LogP contribution in [0.2, 0.25) is 0 Å². The average molecular weight is 547 g/mol. The van der Waals surface area contributed by atoms with E-state index in [1.54, 1.807) is 0 Å². The molecule has 0 saturated heterocycles. The third-order valence-corrected chi connectivity index (χ3v) is 7.05. The van der Waals surface area contributed by atoms with Gasteiger partial charge in [0.25, 0.3) is 10.0 Å². The monoisotopic (exact) mass is 547 g/mol. The number of pyridine rings is 1. The Labute approximate surface area is 205 Å². The van der Waals surface area contributed by atoms with Gasteiger partial charge in [0.2, 0.25) is 0 Å². The minimum absolute atomic E-state index is 0.00126. The Morgan fingerprint density at radius 2 is 1.73 bits per heavy atom. The standard InChI is InChI=1S/C22H15F6N3O5S/c1-11-9-12-10-31(37(34,35)14-7-5-13(6-8-14)36-22(26,27)28)17-15(20(32)33)3-2-4-16(17)29-19(12)30-18(11)21(23,24)25/h2-9H,10H2,1H3,(H,29,30)(H,32,33). The molecule has 0 unspecified atom stereocenters. The summed E-state index contributed by atoms with van der Waals surface area (Å²) < 4.78 is 109. The number of aryl methyl sites for hydroxylation is 1. The van der Waals surface area contributed by atoms with E-state index in [2.05, 4.69) is 15.0 Å². The number of sulfonamides is 1. The second-order valence-corrected chi connectivity index (χ2v) is 9.68. The number of rotatable bonds is 4. The highest BCUT2D eigenvalue weighted by Crippen LogP contribution is 2.42. The number of halogens is 6. The number of hydrogen-bond acceptors (Lipinski definition) is 6. The Morgan fingerprint density at radius 3 is 2.30 bits per heavy atom. The molecule has 0 amide bonds. The Kier molecular flexibility index (Phi) is 6.22. The van der Waals surface area contributed by atoms with Crippen LogP contribution in [-0.2, 0) is 22.7 Å². The quantitative estimate of drug-likeness (QED) is 0.418. The molecule has 0 atom stereocenters. The summed E-state index contributed by atoms with van der Waals surface area (Å²) in [6, 6.07) is 7.87. The maximum atomic E-state index is 13.6. The lowest BCUT2D eigenvalue weighted by atomic mass is 10.1. The molecule has 196 valence electrons. The molecule has 2 aromatic carbocycles. The number of nitrogens with zero attached hydrogens (tertiary/aromatic N) is 2. The number of para-hydroxylation sites is 1. The van der Waals surface area contributed by atoms with Gasteiger partial charge in [0.1, 0.15) is 17.3 Å². The molecule has 37 heavy (non-hydrogen) atoms. The van der Waals surface area contributed by atoms with Crippen LogP contribution in [0.4, 0.5) is 43.5 Å². The van der Waals surface area contributed by atoms with E-state index < -0.39 is 62.7 Å². The zero-order valence-electron chi connectivity index (χ0n) is 18.5. The van der Waals surface area contributed by atoms with Gasteiger partial charge in [-0.3, -0.25) is 4.31 Å². The number of carbonyl (C=O) groups is 1. The van der Waals surface area contributed by atoms with Crippen LogP contribution in [0.3, 0.4) is 0 Å². The third-order valence-electron chi connectivity index (χ3n) is 5.29. The van der Waals surface area contributed by atoms with Gasteiger partial charge in [0.15, 0.2) is 0 Å². The summed E-state index contributed by atoms with van der Waals surface area (Å²) in [6.07, 6.45) is -9.83. The second kappa shape index (κ2) is 8.83. The Bertz CT molecular complexity index is 1490. The average Bonchev–Trinajstić information content (AvgIpc) is 2.93. The SMILES string of the molecule is Cc1cc2c(nc1C(F)(F)F)Nc1cccc(C(=O)O)c1N(S(=O)(=O)c1ccc(OC(F)(F)F)cc1)C2. The minimum Gasteiger partial charge on any atom is -0.478 e. The topological polar surface area (TPSA) is 109 Å². The highest BCUT2D eigenvalue weighted by molar-refractivity contribution is 7.92. The minimum atomic E-state index is -5.02. The first-order valence-electron chi connectivity index (χ1n) is 10.2. The summed E-state index contributed by atoms with van der Waals surface area (Å²) in [6.45, 7) is 0.504. The molecular weight excluding hydrogens is 532 g/mol. The molecule has 3 aromatic rings. The van der Waals surface area contributed by atoms with Crippen molar-refractivity contribution in [3.05, 3.63) is 70.9 Å². The Balaban J connectivity index is 1.90. The van der Waals surface area contributed by atoms with Gasteiger partial charge in [-0.2, -0.15) is 13.2 Å². The van der Waals surface area contributed by atoms with Gasteiger partial charge in [-0.05, 0) is 55.0 Å². The van der Waals surface area contributed by atoms with E-state index in [0.29, 0.717) is 4.31 Å². The van der Waals surface area contributed by atoms with Crippen LogP contribution in [-0.4, -0.2) is 30.8 Å². The fraction of sp³-hybridized carbons (Fsp3) is 0.182. The van der Waals surface area contributed by atoms with Crippen molar-refractivity contribution >= 4 is 33.2 Å². The highest BCUT2D eigenvalue weighted by Gasteiger charge is 2.38. The fourth-order valence-electron chi connectivity index (χ4n) is 3.78. The molecule has 0 saturated carbocycles. The summed E-state index contributed by atoms with van der Waals surface area (Å²) in [5, 5.41) is 12.3. The molecule has 2 heterocycles.